The molecular formula is C11H15ClFNO. The SMILES string of the molecule is Cc1cc(F)c(O)c([C@H](N)C2CC2)c1.Cl. The molecule has 0 aliphatic heterocycles. The van der Waals surface area contributed by atoms with Crippen molar-refractivity contribution in [1.29, 1.82) is 0 Å². The van der Waals surface area contributed by atoms with Gasteiger partial charge in [-0.05, 0) is 37.3 Å². The largest absolute Gasteiger partial charge is 0.505 e. The molecule has 1 atom stereocenters. The first-order valence-corrected chi connectivity index (χ1v) is 4.84. The summed E-state index contributed by atoms with van der Waals surface area (Å²) < 4.78 is 13.2. The number of nitrogens with two attached hydrogens (primary N) is 1. The molecule has 1 saturated carbocycles. The van der Waals surface area contributed by atoms with Gasteiger partial charge in [0.05, 0.1) is 0 Å². The normalized spacial score (nSPS) is 17.0. The molecule has 0 heterocycles. The molecule has 1 aliphatic rings. The van der Waals surface area contributed by atoms with Crippen molar-refractivity contribution in [2.45, 2.75) is 25.8 Å². The van der Waals surface area contributed by atoms with Crippen LogP contribution in [0, 0.1) is 18.7 Å². The number of hydrogen-bond acceptors (Lipinski definition) is 2. The van der Waals surface area contributed by atoms with Crippen LogP contribution in [-0.2, 0) is 0 Å². The van der Waals surface area contributed by atoms with Crippen molar-refractivity contribution in [3.63, 3.8) is 0 Å². The minimum atomic E-state index is -0.573. The number of rotatable bonds is 2. The van der Waals surface area contributed by atoms with Gasteiger partial charge in [-0.3, -0.25) is 0 Å². The maximum atomic E-state index is 13.2. The van der Waals surface area contributed by atoms with Gasteiger partial charge in [0.2, 0.25) is 0 Å². The zero-order chi connectivity index (χ0) is 10.3. The lowest BCUT2D eigenvalue weighted by Gasteiger charge is -2.13. The fourth-order valence-corrected chi connectivity index (χ4v) is 1.72. The van der Waals surface area contributed by atoms with E-state index in [2.05, 4.69) is 0 Å². The third-order valence-electron chi connectivity index (χ3n) is 2.73. The summed E-state index contributed by atoms with van der Waals surface area (Å²) in [4.78, 5) is 0. The van der Waals surface area contributed by atoms with Crippen LogP contribution in [0.25, 0.3) is 0 Å². The van der Waals surface area contributed by atoms with Gasteiger partial charge >= 0.3 is 0 Å². The molecule has 1 fully saturated rings. The Kier molecular flexibility index (Phi) is 3.58. The topological polar surface area (TPSA) is 46.2 Å². The molecule has 1 aromatic carbocycles. The average Bonchev–Trinajstić information content (AvgIpc) is 2.93. The van der Waals surface area contributed by atoms with E-state index >= 15 is 0 Å². The predicted molar refractivity (Wildman–Crippen MR) is 59.7 cm³/mol. The van der Waals surface area contributed by atoms with Gasteiger partial charge in [0, 0.05) is 11.6 Å². The minimum Gasteiger partial charge on any atom is -0.505 e. The Labute approximate surface area is 94.7 Å². The van der Waals surface area contributed by atoms with E-state index in [-0.39, 0.29) is 24.2 Å². The van der Waals surface area contributed by atoms with Gasteiger partial charge in [0.1, 0.15) is 0 Å². The molecule has 15 heavy (non-hydrogen) atoms. The van der Waals surface area contributed by atoms with Crippen molar-refractivity contribution >= 4 is 12.4 Å². The number of hydrogen-bond donors (Lipinski definition) is 2. The average molecular weight is 232 g/mol. The van der Waals surface area contributed by atoms with Crippen molar-refractivity contribution in [1.82, 2.24) is 0 Å². The van der Waals surface area contributed by atoms with Crippen molar-refractivity contribution in [3.8, 4) is 5.75 Å². The summed E-state index contributed by atoms with van der Waals surface area (Å²) in [6, 6.07) is 2.87. The number of phenolic OH excluding ortho intramolecular Hbond substituents is 1. The molecule has 1 aliphatic carbocycles. The van der Waals surface area contributed by atoms with Gasteiger partial charge in [-0.25, -0.2) is 4.39 Å². The minimum absolute atomic E-state index is 0. The van der Waals surface area contributed by atoms with Crippen LogP contribution in [0.3, 0.4) is 0 Å². The first-order valence-electron chi connectivity index (χ1n) is 4.84. The monoisotopic (exact) mass is 231 g/mol. The Balaban J connectivity index is 0.00000112. The van der Waals surface area contributed by atoms with Crippen molar-refractivity contribution in [2.75, 3.05) is 0 Å². The lowest BCUT2D eigenvalue weighted by Crippen LogP contribution is -2.13. The zero-order valence-corrected chi connectivity index (χ0v) is 9.35. The lowest BCUT2D eigenvalue weighted by atomic mass is 10.00. The molecule has 0 unspecified atom stereocenters. The molecule has 0 spiro atoms. The maximum absolute atomic E-state index is 13.2. The third kappa shape index (κ3) is 2.41. The Morgan fingerprint density at radius 2 is 2.07 bits per heavy atom. The molecule has 2 nitrogen and oxygen atoms in total. The van der Waals surface area contributed by atoms with Crippen LogP contribution in [0.4, 0.5) is 4.39 Å². The highest BCUT2D eigenvalue weighted by molar-refractivity contribution is 5.85. The maximum Gasteiger partial charge on any atom is 0.165 e. The van der Waals surface area contributed by atoms with Crippen LogP contribution in [0.2, 0.25) is 0 Å². The van der Waals surface area contributed by atoms with Gasteiger partial charge in [0.15, 0.2) is 11.6 Å². The van der Waals surface area contributed by atoms with E-state index in [1.807, 2.05) is 0 Å². The van der Waals surface area contributed by atoms with Crippen molar-refractivity contribution in [2.24, 2.45) is 11.7 Å². The Morgan fingerprint density at radius 1 is 1.47 bits per heavy atom. The second-order valence-corrected chi connectivity index (χ2v) is 4.05. The summed E-state index contributed by atoms with van der Waals surface area (Å²) in [5, 5.41) is 9.51. The highest BCUT2D eigenvalue weighted by atomic mass is 35.5. The second kappa shape index (κ2) is 4.37. The summed E-state index contributed by atoms with van der Waals surface area (Å²) in [6.07, 6.45) is 2.16. The summed E-state index contributed by atoms with van der Waals surface area (Å²) in [5.74, 6) is -0.437. The fraction of sp³-hybridized carbons (Fsp3) is 0.455. The van der Waals surface area contributed by atoms with E-state index < -0.39 is 5.82 Å². The Morgan fingerprint density at radius 3 is 2.60 bits per heavy atom. The highest BCUT2D eigenvalue weighted by Crippen LogP contribution is 2.42. The van der Waals surface area contributed by atoms with E-state index in [0.29, 0.717) is 11.5 Å². The Bertz CT molecular complexity index is 366. The standard InChI is InChI=1S/C11H14FNO.ClH/c1-6-4-8(10(13)7-2-3-7)11(14)9(12)5-6;/h4-5,7,10,14H,2-3,13H2,1H3;1H/t10-;/m1./s1. The first-order chi connectivity index (χ1) is 6.59. The summed E-state index contributed by atoms with van der Waals surface area (Å²) in [5.41, 5.74) is 7.26. The highest BCUT2D eigenvalue weighted by Gasteiger charge is 2.31. The molecule has 0 bridgehead atoms. The van der Waals surface area contributed by atoms with Crippen LogP contribution in [-0.4, -0.2) is 5.11 Å². The molecule has 84 valence electrons. The molecule has 0 amide bonds. The quantitative estimate of drug-likeness (QED) is 0.822. The predicted octanol–water partition coefficient (Wildman–Crippen LogP) is 2.67. The van der Waals surface area contributed by atoms with Crippen LogP contribution >= 0.6 is 12.4 Å². The van der Waals surface area contributed by atoms with E-state index in [9.17, 15) is 9.50 Å². The molecule has 0 aromatic heterocycles. The number of aromatic hydroxyl groups is 1. The third-order valence-corrected chi connectivity index (χ3v) is 2.73. The second-order valence-electron chi connectivity index (χ2n) is 4.05. The van der Waals surface area contributed by atoms with Crippen LogP contribution in [0.15, 0.2) is 12.1 Å². The molecule has 0 saturated heterocycles. The summed E-state index contributed by atoms with van der Waals surface area (Å²) in [6.45, 7) is 1.80. The number of benzene rings is 1. The zero-order valence-electron chi connectivity index (χ0n) is 8.53. The number of phenols is 1. The number of halogens is 2. The molecular weight excluding hydrogens is 217 g/mol. The van der Waals surface area contributed by atoms with E-state index in [1.165, 1.54) is 6.07 Å². The first kappa shape index (κ1) is 12.3. The number of aryl methyl sites for hydroxylation is 1. The van der Waals surface area contributed by atoms with E-state index in [0.717, 1.165) is 18.4 Å². The van der Waals surface area contributed by atoms with Crippen LogP contribution in [0.5, 0.6) is 5.75 Å². The van der Waals surface area contributed by atoms with Crippen LogP contribution < -0.4 is 5.73 Å². The lowest BCUT2D eigenvalue weighted by molar-refractivity contribution is 0.416. The molecule has 2 rings (SSSR count). The van der Waals surface area contributed by atoms with Gasteiger partial charge in [-0.1, -0.05) is 6.07 Å². The van der Waals surface area contributed by atoms with Crippen molar-refractivity contribution < 1.29 is 9.50 Å². The van der Waals surface area contributed by atoms with Gasteiger partial charge in [-0.15, -0.1) is 12.4 Å². The van der Waals surface area contributed by atoms with Gasteiger partial charge in [0.25, 0.3) is 0 Å². The molecule has 4 heteroatoms. The smallest absolute Gasteiger partial charge is 0.165 e. The van der Waals surface area contributed by atoms with E-state index in [4.69, 9.17) is 5.73 Å². The van der Waals surface area contributed by atoms with E-state index in [1.54, 1.807) is 13.0 Å². The van der Waals surface area contributed by atoms with Crippen LogP contribution in [0.1, 0.15) is 30.0 Å². The summed E-state index contributed by atoms with van der Waals surface area (Å²) in [7, 11) is 0. The molecule has 1 aromatic rings. The molecule has 3 N–H and O–H groups in total. The van der Waals surface area contributed by atoms with Gasteiger partial charge in [-0.2, -0.15) is 0 Å². The van der Waals surface area contributed by atoms with Gasteiger partial charge < -0.3 is 10.8 Å². The van der Waals surface area contributed by atoms with Crippen molar-refractivity contribution in [3.05, 3.63) is 29.1 Å². The Hall–Kier alpha value is -0.800. The fourth-order valence-electron chi connectivity index (χ4n) is 1.72. The molecule has 0 radical (unpaired) electrons. The summed E-state index contributed by atoms with van der Waals surface area (Å²) >= 11 is 0.